The maximum absolute atomic E-state index is 12.0. The molecular formula is C10H15BrCl2N2O3S. The van der Waals surface area contributed by atoms with Crippen molar-refractivity contribution in [2.45, 2.75) is 4.90 Å². The lowest BCUT2D eigenvalue weighted by atomic mass is 10.3. The lowest BCUT2D eigenvalue weighted by molar-refractivity contribution is 0.414. The Hall–Kier alpha value is -0.0500. The molecule has 0 aliphatic rings. The third-order valence-electron chi connectivity index (χ3n) is 2.16. The first-order chi connectivity index (χ1) is 8.42. The molecule has 0 spiro atoms. The monoisotopic (exact) mass is 392 g/mol. The van der Waals surface area contributed by atoms with E-state index >= 15 is 0 Å². The van der Waals surface area contributed by atoms with Crippen LogP contribution < -0.4 is 14.8 Å². The summed E-state index contributed by atoms with van der Waals surface area (Å²) in [7, 11) is -0.378. The van der Waals surface area contributed by atoms with Crippen LogP contribution in [-0.4, -0.2) is 35.7 Å². The van der Waals surface area contributed by atoms with E-state index in [1.54, 1.807) is 7.05 Å². The van der Waals surface area contributed by atoms with Gasteiger partial charge in [-0.1, -0.05) is 11.6 Å². The standard InChI is InChI=1S/C10H14BrClN2O3S.ClH/c1-13-3-4-14-18(15,16)10-6-8(12)9(17-2)5-7(10)11;/h5-6,13-14H,3-4H2,1-2H3;1H. The van der Waals surface area contributed by atoms with Crippen LogP contribution in [0.2, 0.25) is 5.02 Å². The van der Waals surface area contributed by atoms with Gasteiger partial charge in [0.15, 0.2) is 0 Å². The Labute approximate surface area is 132 Å². The molecule has 1 rings (SSSR count). The smallest absolute Gasteiger partial charge is 0.241 e. The molecule has 0 heterocycles. The highest BCUT2D eigenvalue weighted by atomic mass is 79.9. The summed E-state index contributed by atoms with van der Waals surface area (Å²) in [6, 6.07) is 2.88. The average Bonchev–Trinajstić information content (AvgIpc) is 2.31. The van der Waals surface area contributed by atoms with Crippen molar-refractivity contribution < 1.29 is 13.2 Å². The molecule has 0 radical (unpaired) electrons. The molecule has 1 aromatic carbocycles. The maximum atomic E-state index is 12.0. The van der Waals surface area contributed by atoms with E-state index in [2.05, 4.69) is 26.0 Å². The molecule has 0 amide bonds. The van der Waals surface area contributed by atoms with E-state index in [0.29, 0.717) is 23.3 Å². The van der Waals surface area contributed by atoms with Crippen molar-refractivity contribution in [2.24, 2.45) is 0 Å². The van der Waals surface area contributed by atoms with Gasteiger partial charge in [-0.15, -0.1) is 12.4 Å². The highest BCUT2D eigenvalue weighted by Gasteiger charge is 2.19. The minimum Gasteiger partial charge on any atom is -0.495 e. The van der Waals surface area contributed by atoms with Crippen LogP contribution in [0.15, 0.2) is 21.5 Å². The second kappa shape index (κ2) is 8.28. The topological polar surface area (TPSA) is 67.4 Å². The first kappa shape index (κ1) is 18.9. The SMILES string of the molecule is CNCCNS(=O)(=O)c1cc(Cl)c(OC)cc1Br.Cl. The minimum absolute atomic E-state index is 0. The van der Waals surface area contributed by atoms with Crippen molar-refractivity contribution >= 4 is 50.0 Å². The second-order valence-corrected chi connectivity index (χ2v) is 6.42. The zero-order chi connectivity index (χ0) is 13.8. The van der Waals surface area contributed by atoms with Crippen LogP contribution in [0.4, 0.5) is 0 Å². The van der Waals surface area contributed by atoms with Gasteiger partial charge in [-0.25, -0.2) is 13.1 Å². The molecule has 0 bridgehead atoms. The fourth-order valence-corrected chi connectivity index (χ4v) is 3.64. The van der Waals surface area contributed by atoms with E-state index in [1.165, 1.54) is 19.2 Å². The van der Waals surface area contributed by atoms with Gasteiger partial charge in [0.2, 0.25) is 10.0 Å². The Kier molecular flexibility index (Phi) is 8.26. The van der Waals surface area contributed by atoms with Gasteiger partial charge in [0.25, 0.3) is 0 Å². The fraction of sp³-hybridized carbons (Fsp3) is 0.400. The van der Waals surface area contributed by atoms with Crippen molar-refractivity contribution in [3.63, 3.8) is 0 Å². The van der Waals surface area contributed by atoms with Crippen LogP contribution >= 0.6 is 39.9 Å². The molecule has 110 valence electrons. The van der Waals surface area contributed by atoms with Gasteiger partial charge >= 0.3 is 0 Å². The van der Waals surface area contributed by atoms with Crippen LogP contribution in [0.1, 0.15) is 0 Å². The van der Waals surface area contributed by atoms with Gasteiger partial charge in [-0.3, -0.25) is 0 Å². The van der Waals surface area contributed by atoms with Crippen LogP contribution in [-0.2, 0) is 10.0 Å². The molecule has 0 saturated heterocycles. The summed E-state index contributed by atoms with van der Waals surface area (Å²) < 4.78 is 31.9. The molecule has 0 aromatic heterocycles. The molecule has 0 aliphatic heterocycles. The minimum atomic E-state index is -3.59. The second-order valence-electron chi connectivity index (χ2n) is 3.42. The Morgan fingerprint density at radius 3 is 2.53 bits per heavy atom. The molecule has 9 heteroatoms. The Morgan fingerprint density at radius 2 is 2.00 bits per heavy atom. The highest BCUT2D eigenvalue weighted by Crippen LogP contribution is 2.33. The van der Waals surface area contributed by atoms with Crippen LogP contribution in [0.5, 0.6) is 5.75 Å². The maximum Gasteiger partial charge on any atom is 0.241 e. The Balaban J connectivity index is 0.00000324. The van der Waals surface area contributed by atoms with E-state index in [-0.39, 0.29) is 22.3 Å². The number of hydrogen-bond donors (Lipinski definition) is 2. The quantitative estimate of drug-likeness (QED) is 0.725. The summed E-state index contributed by atoms with van der Waals surface area (Å²) >= 11 is 9.11. The van der Waals surface area contributed by atoms with Crippen molar-refractivity contribution in [1.82, 2.24) is 10.0 Å². The summed E-state index contributed by atoms with van der Waals surface area (Å²) in [6.07, 6.45) is 0. The first-order valence-corrected chi connectivity index (χ1v) is 7.75. The van der Waals surface area contributed by atoms with Gasteiger partial charge in [0.1, 0.15) is 5.75 Å². The molecule has 0 aliphatic carbocycles. The molecule has 0 saturated carbocycles. The number of nitrogens with one attached hydrogen (secondary N) is 2. The fourth-order valence-electron chi connectivity index (χ4n) is 1.26. The van der Waals surface area contributed by atoms with E-state index in [1.807, 2.05) is 0 Å². The van der Waals surface area contributed by atoms with Crippen LogP contribution in [0.3, 0.4) is 0 Å². The van der Waals surface area contributed by atoms with E-state index in [9.17, 15) is 8.42 Å². The highest BCUT2D eigenvalue weighted by molar-refractivity contribution is 9.10. The number of rotatable bonds is 6. The Morgan fingerprint density at radius 1 is 1.37 bits per heavy atom. The third kappa shape index (κ3) is 5.09. The van der Waals surface area contributed by atoms with Crippen LogP contribution in [0, 0.1) is 0 Å². The van der Waals surface area contributed by atoms with Gasteiger partial charge in [-0.2, -0.15) is 0 Å². The molecule has 0 fully saturated rings. The average molecular weight is 394 g/mol. The summed E-state index contributed by atoms with van der Waals surface area (Å²) in [6.45, 7) is 0.843. The van der Waals surface area contributed by atoms with E-state index in [4.69, 9.17) is 16.3 Å². The van der Waals surface area contributed by atoms with Gasteiger partial charge in [0.05, 0.1) is 17.0 Å². The molecule has 0 atom stereocenters. The number of halogens is 3. The van der Waals surface area contributed by atoms with Gasteiger partial charge in [0, 0.05) is 17.6 Å². The summed E-state index contributed by atoms with van der Waals surface area (Å²) in [5.74, 6) is 0.415. The summed E-state index contributed by atoms with van der Waals surface area (Å²) in [4.78, 5) is 0.0874. The molecule has 5 nitrogen and oxygen atoms in total. The molecule has 2 N–H and O–H groups in total. The summed E-state index contributed by atoms with van der Waals surface area (Å²) in [5.41, 5.74) is 0. The first-order valence-electron chi connectivity index (χ1n) is 5.09. The van der Waals surface area contributed by atoms with Gasteiger partial charge in [-0.05, 0) is 35.1 Å². The summed E-state index contributed by atoms with van der Waals surface area (Å²) in [5, 5.41) is 3.10. The Bertz CT molecular complexity index is 526. The third-order valence-corrected chi connectivity index (χ3v) is 4.88. The lowest BCUT2D eigenvalue weighted by Gasteiger charge is -2.11. The number of methoxy groups -OCH3 is 1. The van der Waals surface area contributed by atoms with Crippen molar-refractivity contribution in [3.05, 3.63) is 21.6 Å². The van der Waals surface area contributed by atoms with E-state index in [0.717, 1.165) is 0 Å². The lowest BCUT2D eigenvalue weighted by Crippen LogP contribution is -2.30. The zero-order valence-electron chi connectivity index (χ0n) is 10.4. The number of sulfonamides is 1. The predicted octanol–water partition coefficient (Wildman–Crippen LogP) is 2.03. The number of hydrogen-bond acceptors (Lipinski definition) is 4. The normalized spacial score (nSPS) is 10.9. The number of ether oxygens (including phenoxy) is 1. The van der Waals surface area contributed by atoms with Crippen molar-refractivity contribution in [1.29, 1.82) is 0 Å². The number of likely N-dealkylation sites (N-methyl/N-ethyl adjacent to an activating group) is 1. The number of benzene rings is 1. The zero-order valence-corrected chi connectivity index (χ0v) is 14.3. The predicted molar refractivity (Wildman–Crippen MR) is 82.1 cm³/mol. The van der Waals surface area contributed by atoms with Crippen LogP contribution in [0.25, 0.3) is 0 Å². The molecule has 1 aromatic rings. The van der Waals surface area contributed by atoms with E-state index < -0.39 is 10.0 Å². The molecular weight excluding hydrogens is 379 g/mol. The largest absolute Gasteiger partial charge is 0.495 e. The molecule has 19 heavy (non-hydrogen) atoms. The molecule has 0 unspecified atom stereocenters. The van der Waals surface area contributed by atoms with Crippen molar-refractivity contribution in [3.8, 4) is 5.75 Å². The van der Waals surface area contributed by atoms with Crippen molar-refractivity contribution in [2.75, 3.05) is 27.2 Å². The van der Waals surface area contributed by atoms with Gasteiger partial charge < -0.3 is 10.1 Å².